The molecule has 1 aromatic heterocycles. The van der Waals surface area contributed by atoms with E-state index in [2.05, 4.69) is 72.4 Å². The average molecular weight is 379 g/mol. The zero-order valence-corrected chi connectivity index (χ0v) is 17.9. The molecular formula is C26H38N2. The van der Waals surface area contributed by atoms with Crippen molar-refractivity contribution in [1.82, 2.24) is 9.88 Å². The number of likely N-dealkylation sites (N-methyl/N-ethyl adjacent to an activating group) is 1. The summed E-state index contributed by atoms with van der Waals surface area (Å²) in [7, 11) is 2.19. The van der Waals surface area contributed by atoms with Crippen LogP contribution in [-0.2, 0) is 6.54 Å². The molecule has 2 rings (SSSR count). The lowest BCUT2D eigenvalue weighted by molar-refractivity contribution is 0.363. The van der Waals surface area contributed by atoms with Crippen LogP contribution in [0.25, 0.3) is 0 Å². The van der Waals surface area contributed by atoms with E-state index in [-0.39, 0.29) is 0 Å². The highest BCUT2D eigenvalue weighted by atomic mass is 15.1. The summed E-state index contributed by atoms with van der Waals surface area (Å²) in [5.74, 6) is 0.638. The molecule has 0 aliphatic heterocycles. The number of hydrogen-bond donors (Lipinski definition) is 0. The summed E-state index contributed by atoms with van der Waals surface area (Å²) in [5, 5.41) is 0. The highest BCUT2D eigenvalue weighted by Gasteiger charge is 2.04. The molecule has 2 nitrogen and oxygen atoms in total. The molecule has 0 radical (unpaired) electrons. The van der Waals surface area contributed by atoms with Gasteiger partial charge in [0.25, 0.3) is 0 Å². The predicted molar refractivity (Wildman–Crippen MR) is 122 cm³/mol. The maximum Gasteiger partial charge on any atom is 0.0302 e. The molecule has 0 spiro atoms. The number of benzene rings is 1. The topological polar surface area (TPSA) is 16.1 Å². The molecule has 0 N–H and O–H groups in total. The van der Waals surface area contributed by atoms with Gasteiger partial charge in [-0.05, 0) is 49.4 Å². The van der Waals surface area contributed by atoms with E-state index in [9.17, 15) is 0 Å². The second kappa shape index (κ2) is 14.1. The van der Waals surface area contributed by atoms with E-state index in [0.717, 1.165) is 13.1 Å². The Balaban J connectivity index is 1.40. The number of pyridine rings is 1. The molecule has 1 heterocycles. The number of rotatable bonds is 14. The van der Waals surface area contributed by atoms with Gasteiger partial charge in [0.1, 0.15) is 0 Å². The number of allylic oxidation sites excluding steroid dienone is 1. The minimum atomic E-state index is 0.638. The Hall–Kier alpha value is -1.93. The van der Waals surface area contributed by atoms with Gasteiger partial charge in [-0.3, -0.25) is 9.88 Å². The van der Waals surface area contributed by atoms with Gasteiger partial charge < -0.3 is 0 Å². The zero-order valence-electron chi connectivity index (χ0n) is 17.9. The Labute approximate surface area is 172 Å². The molecule has 1 atom stereocenters. The molecule has 28 heavy (non-hydrogen) atoms. The van der Waals surface area contributed by atoms with Gasteiger partial charge in [0.05, 0.1) is 0 Å². The van der Waals surface area contributed by atoms with Crippen molar-refractivity contribution >= 4 is 0 Å². The van der Waals surface area contributed by atoms with Crippen LogP contribution < -0.4 is 0 Å². The van der Waals surface area contributed by atoms with Gasteiger partial charge >= 0.3 is 0 Å². The van der Waals surface area contributed by atoms with Crippen molar-refractivity contribution in [3.63, 3.8) is 0 Å². The third kappa shape index (κ3) is 9.85. The van der Waals surface area contributed by atoms with Crippen molar-refractivity contribution in [2.24, 2.45) is 0 Å². The largest absolute Gasteiger partial charge is 0.298 e. The molecule has 1 aromatic carbocycles. The summed E-state index contributed by atoms with van der Waals surface area (Å²) in [5.41, 5.74) is 2.76. The molecule has 2 aromatic rings. The predicted octanol–water partition coefficient (Wildman–Crippen LogP) is 6.99. The van der Waals surface area contributed by atoms with Gasteiger partial charge in [-0.2, -0.15) is 0 Å². The van der Waals surface area contributed by atoms with E-state index in [1.54, 1.807) is 0 Å². The van der Waals surface area contributed by atoms with Crippen LogP contribution in [0.2, 0.25) is 0 Å². The van der Waals surface area contributed by atoms with Crippen LogP contribution >= 0.6 is 0 Å². The normalized spacial score (nSPS) is 12.7. The van der Waals surface area contributed by atoms with Gasteiger partial charge in [-0.15, -0.1) is 0 Å². The molecule has 0 aliphatic rings. The highest BCUT2D eigenvalue weighted by molar-refractivity contribution is 5.14. The third-order valence-corrected chi connectivity index (χ3v) is 5.39. The summed E-state index contributed by atoms with van der Waals surface area (Å²) in [6.07, 6.45) is 19.2. The van der Waals surface area contributed by atoms with Crippen molar-refractivity contribution in [2.75, 3.05) is 13.6 Å². The van der Waals surface area contributed by atoms with Gasteiger partial charge in [-0.25, -0.2) is 0 Å². The molecule has 2 heteroatoms. The lowest BCUT2D eigenvalue weighted by Crippen LogP contribution is -2.17. The van der Waals surface area contributed by atoms with Crippen LogP contribution in [0.15, 0.2) is 67.0 Å². The number of nitrogens with zero attached hydrogens (tertiary/aromatic N) is 2. The maximum absolute atomic E-state index is 4.23. The summed E-state index contributed by atoms with van der Waals surface area (Å²) < 4.78 is 0. The van der Waals surface area contributed by atoms with Crippen LogP contribution in [0.4, 0.5) is 0 Å². The lowest BCUT2D eigenvalue weighted by atomic mass is 9.96. The fraction of sp³-hybridized carbons (Fsp3) is 0.500. The molecule has 0 amide bonds. The summed E-state index contributed by atoms with van der Waals surface area (Å²) >= 11 is 0. The second-order valence-corrected chi connectivity index (χ2v) is 8.04. The summed E-state index contributed by atoms with van der Waals surface area (Å²) in [6.45, 7) is 4.37. The highest BCUT2D eigenvalue weighted by Crippen LogP contribution is 2.21. The van der Waals surface area contributed by atoms with Gasteiger partial charge in [0, 0.05) is 25.5 Å². The minimum absolute atomic E-state index is 0.638. The first kappa shape index (κ1) is 22.4. The first-order valence-corrected chi connectivity index (χ1v) is 11.0. The Morgan fingerprint density at radius 2 is 1.64 bits per heavy atom. The van der Waals surface area contributed by atoms with Crippen molar-refractivity contribution in [2.45, 2.75) is 70.8 Å². The lowest BCUT2D eigenvalue weighted by Gasteiger charge is -2.14. The Kier molecular flexibility index (Phi) is 11.3. The van der Waals surface area contributed by atoms with Crippen LogP contribution in [0.3, 0.4) is 0 Å². The Morgan fingerprint density at radius 1 is 0.893 bits per heavy atom. The van der Waals surface area contributed by atoms with E-state index < -0.39 is 0 Å². The Bertz CT molecular complexity index is 636. The average Bonchev–Trinajstić information content (AvgIpc) is 2.73. The third-order valence-electron chi connectivity index (χ3n) is 5.39. The quantitative estimate of drug-likeness (QED) is 0.260. The van der Waals surface area contributed by atoms with Crippen LogP contribution in [-0.4, -0.2) is 23.5 Å². The van der Waals surface area contributed by atoms with E-state index in [0.29, 0.717) is 5.92 Å². The molecule has 0 saturated carbocycles. The van der Waals surface area contributed by atoms with Crippen molar-refractivity contribution in [3.8, 4) is 0 Å². The number of hydrogen-bond acceptors (Lipinski definition) is 2. The molecule has 1 unspecified atom stereocenters. The van der Waals surface area contributed by atoms with Crippen molar-refractivity contribution in [1.29, 1.82) is 0 Å². The van der Waals surface area contributed by atoms with Crippen LogP contribution in [0.5, 0.6) is 0 Å². The van der Waals surface area contributed by atoms with Crippen molar-refractivity contribution < 1.29 is 0 Å². The van der Waals surface area contributed by atoms with E-state index in [1.165, 1.54) is 62.5 Å². The maximum atomic E-state index is 4.23. The molecule has 0 aliphatic carbocycles. The van der Waals surface area contributed by atoms with Crippen molar-refractivity contribution in [3.05, 3.63) is 78.1 Å². The van der Waals surface area contributed by atoms with E-state index in [4.69, 9.17) is 0 Å². The monoisotopic (exact) mass is 378 g/mol. The van der Waals surface area contributed by atoms with Gasteiger partial charge in [0.2, 0.25) is 0 Å². The Morgan fingerprint density at radius 3 is 2.39 bits per heavy atom. The van der Waals surface area contributed by atoms with Gasteiger partial charge in [-0.1, -0.05) is 87.6 Å². The van der Waals surface area contributed by atoms with Crippen LogP contribution in [0.1, 0.15) is 75.3 Å². The number of aromatic nitrogens is 1. The molecule has 0 saturated heterocycles. The van der Waals surface area contributed by atoms with Crippen LogP contribution in [0, 0.1) is 0 Å². The first-order valence-electron chi connectivity index (χ1n) is 11.0. The first-order chi connectivity index (χ1) is 13.8. The second-order valence-electron chi connectivity index (χ2n) is 8.04. The minimum Gasteiger partial charge on any atom is -0.298 e. The molecule has 0 fully saturated rings. The van der Waals surface area contributed by atoms with E-state index >= 15 is 0 Å². The fourth-order valence-corrected chi connectivity index (χ4v) is 3.59. The summed E-state index contributed by atoms with van der Waals surface area (Å²) in [6, 6.07) is 14.9. The molecule has 0 bridgehead atoms. The summed E-state index contributed by atoms with van der Waals surface area (Å²) in [4.78, 5) is 6.58. The van der Waals surface area contributed by atoms with Gasteiger partial charge in [0.15, 0.2) is 0 Å². The number of unbranched alkanes of at least 4 members (excludes halogenated alkanes) is 6. The standard InChI is InChI=1S/C26H38N2/c1-24(26-19-15-20-27-22-26)16-11-8-6-4-3-5-7-9-14-21-28(2)23-25-17-12-10-13-18-25/h9-10,12-15,17-20,22,24H,3-8,11,16,21,23H2,1-2H3/b14-9+. The SMILES string of the molecule is CC(CCCCCCCC/C=C/CN(C)Cc1ccccc1)c1cccnc1. The molecule has 152 valence electrons. The molecular weight excluding hydrogens is 340 g/mol. The fourth-order valence-electron chi connectivity index (χ4n) is 3.59. The zero-order chi connectivity index (χ0) is 19.9. The smallest absolute Gasteiger partial charge is 0.0302 e. The van der Waals surface area contributed by atoms with E-state index in [1.807, 2.05) is 18.5 Å².